The highest BCUT2D eigenvalue weighted by Crippen LogP contribution is 2.33. The third-order valence-electron chi connectivity index (χ3n) is 2.60. The maximum absolute atomic E-state index is 4.36. The van der Waals surface area contributed by atoms with Gasteiger partial charge in [0.2, 0.25) is 0 Å². The van der Waals surface area contributed by atoms with Crippen molar-refractivity contribution in [3.63, 3.8) is 0 Å². The average Bonchev–Trinajstić information content (AvgIpc) is 2.03. The zero-order valence-corrected chi connectivity index (χ0v) is 7.45. The molecule has 0 N–H and O–H groups in total. The van der Waals surface area contributed by atoms with Crippen molar-refractivity contribution in [1.82, 2.24) is 9.97 Å². The molecule has 12 heavy (non-hydrogen) atoms. The standard InChI is InChI=1S/C10H14N2/c1-2-8-6-11-10(12-7-8)9-4-3-5-9/h6-7,9H,2-5H2,1H3. The van der Waals surface area contributed by atoms with E-state index < -0.39 is 0 Å². The van der Waals surface area contributed by atoms with Crippen LogP contribution >= 0.6 is 0 Å². The van der Waals surface area contributed by atoms with Crippen LogP contribution in [0.1, 0.15) is 43.5 Å². The fraction of sp³-hybridized carbons (Fsp3) is 0.600. The van der Waals surface area contributed by atoms with Crippen LogP contribution in [-0.2, 0) is 6.42 Å². The lowest BCUT2D eigenvalue weighted by atomic mass is 9.85. The van der Waals surface area contributed by atoms with Gasteiger partial charge < -0.3 is 0 Å². The Hall–Kier alpha value is -0.920. The van der Waals surface area contributed by atoms with Gasteiger partial charge in [-0.15, -0.1) is 0 Å². The third kappa shape index (κ3) is 1.33. The molecule has 0 saturated heterocycles. The largest absolute Gasteiger partial charge is 0.241 e. The van der Waals surface area contributed by atoms with Crippen molar-refractivity contribution in [2.24, 2.45) is 0 Å². The molecule has 2 nitrogen and oxygen atoms in total. The van der Waals surface area contributed by atoms with Crippen LogP contribution < -0.4 is 0 Å². The van der Waals surface area contributed by atoms with Gasteiger partial charge in [-0.05, 0) is 24.8 Å². The molecule has 0 amide bonds. The van der Waals surface area contributed by atoms with Crippen LogP contribution in [-0.4, -0.2) is 9.97 Å². The molecular weight excluding hydrogens is 148 g/mol. The maximum atomic E-state index is 4.36. The SMILES string of the molecule is CCc1cnc(C2CCC2)nc1. The van der Waals surface area contributed by atoms with Crippen molar-refractivity contribution < 1.29 is 0 Å². The molecule has 1 aromatic heterocycles. The Morgan fingerprint density at radius 3 is 2.42 bits per heavy atom. The number of hydrogen-bond donors (Lipinski definition) is 0. The van der Waals surface area contributed by atoms with Gasteiger partial charge in [-0.25, -0.2) is 9.97 Å². The summed E-state index contributed by atoms with van der Waals surface area (Å²) in [6.45, 7) is 2.13. The van der Waals surface area contributed by atoms with Crippen molar-refractivity contribution >= 4 is 0 Å². The van der Waals surface area contributed by atoms with E-state index in [9.17, 15) is 0 Å². The van der Waals surface area contributed by atoms with E-state index in [2.05, 4.69) is 16.9 Å². The highest BCUT2D eigenvalue weighted by Gasteiger charge is 2.21. The molecule has 2 rings (SSSR count). The molecule has 0 bridgehead atoms. The molecule has 2 heteroatoms. The summed E-state index contributed by atoms with van der Waals surface area (Å²) >= 11 is 0. The van der Waals surface area contributed by atoms with E-state index in [1.54, 1.807) is 0 Å². The predicted molar refractivity (Wildman–Crippen MR) is 48.0 cm³/mol. The summed E-state index contributed by atoms with van der Waals surface area (Å²) in [6, 6.07) is 0. The summed E-state index contributed by atoms with van der Waals surface area (Å²) in [5.41, 5.74) is 1.23. The number of nitrogens with zero attached hydrogens (tertiary/aromatic N) is 2. The lowest BCUT2D eigenvalue weighted by Gasteiger charge is -2.23. The molecule has 1 aliphatic carbocycles. The van der Waals surface area contributed by atoms with Crippen LogP contribution in [0, 0.1) is 0 Å². The Labute approximate surface area is 73.1 Å². The topological polar surface area (TPSA) is 25.8 Å². The predicted octanol–water partition coefficient (Wildman–Crippen LogP) is 2.31. The zero-order valence-electron chi connectivity index (χ0n) is 7.45. The minimum atomic E-state index is 0.663. The van der Waals surface area contributed by atoms with Gasteiger partial charge in [0.25, 0.3) is 0 Å². The first kappa shape index (κ1) is 7.71. The molecule has 1 saturated carbocycles. The Morgan fingerprint density at radius 1 is 1.33 bits per heavy atom. The fourth-order valence-electron chi connectivity index (χ4n) is 1.42. The van der Waals surface area contributed by atoms with E-state index in [0.717, 1.165) is 12.2 Å². The van der Waals surface area contributed by atoms with Crippen molar-refractivity contribution in [2.75, 3.05) is 0 Å². The molecule has 1 aromatic rings. The van der Waals surface area contributed by atoms with E-state index in [4.69, 9.17) is 0 Å². The Kier molecular flexibility index (Phi) is 2.07. The van der Waals surface area contributed by atoms with E-state index >= 15 is 0 Å². The lowest BCUT2D eigenvalue weighted by Crippen LogP contribution is -2.12. The summed E-state index contributed by atoms with van der Waals surface area (Å²) in [5.74, 6) is 1.72. The molecule has 64 valence electrons. The summed E-state index contributed by atoms with van der Waals surface area (Å²) < 4.78 is 0. The lowest BCUT2D eigenvalue weighted by molar-refractivity contribution is 0.401. The van der Waals surface area contributed by atoms with Gasteiger partial charge in [0.1, 0.15) is 5.82 Å². The molecular formula is C10H14N2. The van der Waals surface area contributed by atoms with Gasteiger partial charge >= 0.3 is 0 Å². The van der Waals surface area contributed by atoms with Crippen molar-refractivity contribution in [3.8, 4) is 0 Å². The molecule has 0 aliphatic heterocycles. The number of aromatic nitrogens is 2. The van der Waals surface area contributed by atoms with Gasteiger partial charge in [-0.2, -0.15) is 0 Å². The fourth-order valence-corrected chi connectivity index (χ4v) is 1.42. The van der Waals surface area contributed by atoms with Gasteiger partial charge in [-0.3, -0.25) is 0 Å². The molecule has 0 spiro atoms. The van der Waals surface area contributed by atoms with Crippen LogP contribution in [0.3, 0.4) is 0 Å². The number of rotatable bonds is 2. The minimum absolute atomic E-state index is 0.663. The van der Waals surface area contributed by atoms with E-state index in [0.29, 0.717) is 5.92 Å². The molecule has 0 unspecified atom stereocenters. The molecule has 1 fully saturated rings. The zero-order chi connectivity index (χ0) is 8.39. The van der Waals surface area contributed by atoms with E-state index in [1.165, 1.54) is 24.8 Å². The molecule has 1 heterocycles. The molecule has 1 aliphatic rings. The third-order valence-corrected chi connectivity index (χ3v) is 2.60. The monoisotopic (exact) mass is 162 g/mol. The van der Waals surface area contributed by atoms with E-state index in [1.807, 2.05) is 12.4 Å². The van der Waals surface area contributed by atoms with Gasteiger partial charge in [0, 0.05) is 18.3 Å². The second-order valence-electron chi connectivity index (χ2n) is 3.43. The summed E-state index contributed by atoms with van der Waals surface area (Å²) in [6.07, 6.45) is 8.87. The smallest absolute Gasteiger partial charge is 0.131 e. The van der Waals surface area contributed by atoms with Crippen LogP contribution in [0.25, 0.3) is 0 Å². The second kappa shape index (κ2) is 3.21. The summed E-state index contributed by atoms with van der Waals surface area (Å²) in [4.78, 5) is 8.72. The normalized spacial score (nSPS) is 17.4. The Balaban J connectivity index is 2.13. The van der Waals surface area contributed by atoms with Crippen LogP contribution in [0.2, 0.25) is 0 Å². The van der Waals surface area contributed by atoms with Crippen LogP contribution in [0.5, 0.6) is 0 Å². The molecule has 0 atom stereocenters. The molecule has 0 radical (unpaired) electrons. The first-order valence-electron chi connectivity index (χ1n) is 4.71. The number of aryl methyl sites for hydroxylation is 1. The first-order valence-corrected chi connectivity index (χ1v) is 4.71. The highest BCUT2D eigenvalue weighted by molar-refractivity contribution is 5.08. The first-order chi connectivity index (χ1) is 5.90. The van der Waals surface area contributed by atoms with Crippen molar-refractivity contribution in [3.05, 3.63) is 23.8 Å². The number of hydrogen-bond acceptors (Lipinski definition) is 2. The quantitative estimate of drug-likeness (QED) is 0.667. The van der Waals surface area contributed by atoms with E-state index in [-0.39, 0.29) is 0 Å². The van der Waals surface area contributed by atoms with Crippen LogP contribution in [0.15, 0.2) is 12.4 Å². The van der Waals surface area contributed by atoms with Crippen molar-refractivity contribution in [2.45, 2.75) is 38.5 Å². The Morgan fingerprint density at radius 2 is 2.00 bits per heavy atom. The van der Waals surface area contributed by atoms with Crippen molar-refractivity contribution in [1.29, 1.82) is 0 Å². The average molecular weight is 162 g/mol. The van der Waals surface area contributed by atoms with Gasteiger partial charge in [-0.1, -0.05) is 13.3 Å². The van der Waals surface area contributed by atoms with Crippen LogP contribution in [0.4, 0.5) is 0 Å². The second-order valence-corrected chi connectivity index (χ2v) is 3.43. The Bertz CT molecular complexity index is 249. The molecule has 0 aromatic carbocycles. The van der Waals surface area contributed by atoms with Gasteiger partial charge in [0.05, 0.1) is 0 Å². The van der Waals surface area contributed by atoms with Gasteiger partial charge in [0.15, 0.2) is 0 Å². The summed E-state index contributed by atoms with van der Waals surface area (Å²) in [7, 11) is 0. The highest BCUT2D eigenvalue weighted by atomic mass is 14.9. The summed E-state index contributed by atoms with van der Waals surface area (Å²) in [5, 5.41) is 0. The minimum Gasteiger partial charge on any atom is -0.241 e. The maximum Gasteiger partial charge on any atom is 0.131 e.